The van der Waals surface area contributed by atoms with E-state index in [2.05, 4.69) is 28.4 Å². The Morgan fingerprint density at radius 3 is 2.55 bits per heavy atom. The van der Waals surface area contributed by atoms with Crippen molar-refractivity contribution in [1.29, 1.82) is 0 Å². The molecule has 0 unspecified atom stereocenters. The number of urea groups is 1. The zero-order valence-electron chi connectivity index (χ0n) is 17.7. The molecule has 158 valence electrons. The van der Waals surface area contributed by atoms with Crippen LogP contribution in [0.5, 0.6) is 5.75 Å². The Morgan fingerprint density at radius 2 is 1.74 bits per heavy atom. The number of benzene rings is 3. The van der Waals surface area contributed by atoms with Gasteiger partial charge in [-0.3, -0.25) is 9.69 Å². The zero-order valence-corrected chi connectivity index (χ0v) is 17.7. The summed E-state index contributed by atoms with van der Waals surface area (Å²) < 4.78 is 5.29. The number of amides is 3. The van der Waals surface area contributed by atoms with E-state index in [-0.39, 0.29) is 11.9 Å². The van der Waals surface area contributed by atoms with Crippen molar-refractivity contribution < 1.29 is 14.3 Å². The predicted octanol–water partition coefficient (Wildman–Crippen LogP) is 3.63. The molecule has 1 saturated heterocycles. The molecule has 1 fully saturated rings. The van der Waals surface area contributed by atoms with Gasteiger partial charge in [0.15, 0.2) is 0 Å². The first-order valence-corrected chi connectivity index (χ1v) is 10.5. The second-order valence-electron chi connectivity index (χ2n) is 8.43. The Hall–Kier alpha value is -3.38. The van der Waals surface area contributed by atoms with Gasteiger partial charge in [0.2, 0.25) is 0 Å². The standard InChI is InChI=1S/C25H25N3O3/c1-25(21-9-7-19-14-22(31-2)10-8-18(19)13-21)23(29)28(24(30)26-25)16-27-12-11-17-5-3-4-6-20(17)15-27/h3-10,13-14H,11-12,15-16H2,1-2H3,(H,26,30)/t25-/m1/s1. The molecule has 5 rings (SSSR count). The van der Waals surface area contributed by atoms with E-state index < -0.39 is 5.54 Å². The molecule has 0 saturated carbocycles. The molecule has 6 heteroatoms. The third kappa shape index (κ3) is 3.33. The van der Waals surface area contributed by atoms with Crippen LogP contribution in [0.1, 0.15) is 23.6 Å². The van der Waals surface area contributed by atoms with Gasteiger partial charge in [-0.2, -0.15) is 0 Å². The highest BCUT2D eigenvalue weighted by atomic mass is 16.5. The van der Waals surface area contributed by atoms with Crippen molar-refractivity contribution in [3.63, 3.8) is 0 Å². The molecule has 2 heterocycles. The van der Waals surface area contributed by atoms with Gasteiger partial charge < -0.3 is 10.1 Å². The number of imide groups is 1. The molecule has 0 radical (unpaired) electrons. The number of carbonyl (C=O) groups excluding carboxylic acids is 2. The molecule has 0 bridgehead atoms. The Morgan fingerprint density at radius 1 is 1.00 bits per heavy atom. The summed E-state index contributed by atoms with van der Waals surface area (Å²) in [7, 11) is 1.64. The van der Waals surface area contributed by atoms with Gasteiger partial charge >= 0.3 is 6.03 Å². The molecule has 3 amide bonds. The summed E-state index contributed by atoms with van der Waals surface area (Å²) in [6.45, 7) is 3.63. The van der Waals surface area contributed by atoms with Gasteiger partial charge in [-0.05, 0) is 59.0 Å². The minimum atomic E-state index is -1.08. The van der Waals surface area contributed by atoms with Crippen LogP contribution >= 0.6 is 0 Å². The molecule has 3 aromatic rings. The van der Waals surface area contributed by atoms with E-state index in [1.54, 1.807) is 14.0 Å². The van der Waals surface area contributed by atoms with E-state index in [4.69, 9.17) is 4.74 Å². The zero-order chi connectivity index (χ0) is 21.6. The quantitative estimate of drug-likeness (QED) is 0.661. The summed E-state index contributed by atoms with van der Waals surface area (Å²) in [6.07, 6.45) is 0.922. The summed E-state index contributed by atoms with van der Waals surface area (Å²) in [5.41, 5.74) is 2.29. The average molecular weight is 415 g/mol. The van der Waals surface area contributed by atoms with Crippen LogP contribution in [-0.2, 0) is 23.3 Å². The molecular weight excluding hydrogens is 390 g/mol. The summed E-state index contributed by atoms with van der Waals surface area (Å²) in [4.78, 5) is 29.7. The van der Waals surface area contributed by atoms with Crippen molar-refractivity contribution in [3.8, 4) is 5.75 Å². The van der Waals surface area contributed by atoms with Crippen LogP contribution in [0.4, 0.5) is 4.79 Å². The minimum Gasteiger partial charge on any atom is -0.497 e. The molecule has 0 aromatic heterocycles. The minimum absolute atomic E-state index is 0.218. The first-order chi connectivity index (χ1) is 15.0. The van der Waals surface area contributed by atoms with Gasteiger partial charge in [0.05, 0.1) is 13.8 Å². The molecule has 1 atom stereocenters. The van der Waals surface area contributed by atoms with Crippen molar-refractivity contribution in [2.75, 3.05) is 20.3 Å². The van der Waals surface area contributed by atoms with E-state index >= 15 is 0 Å². The maximum atomic E-state index is 13.4. The van der Waals surface area contributed by atoms with E-state index in [0.717, 1.165) is 41.6 Å². The number of rotatable bonds is 4. The van der Waals surface area contributed by atoms with Gasteiger partial charge in [-0.1, -0.05) is 42.5 Å². The molecule has 3 aromatic carbocycles. The van der Waals surface area contributed by atoms with Gasteiger partial charge in [-0.25, -0.2) is 9.69 Å². The highest BCUT2D eigenvalue weighted by molar-refractivity contribution is 6.07. The summed E-state index contributed by atoms with van der Waals surface area (Å²) in [5.74, 6) is 0.565. The van der Waals surface area contributed by atoms with Crippen molar-refractivity contribution in [2.24, 2.45) is 0 Å². The molecule has 0 aliphatic carbocycles. The number of carbonyl (C=O) groups is 2. The van der Waals surface area contributed by atoms with Crippen LogP contribution in [0.15, 0.2) is 60.7 Å². The van der Waals surface area contributed by atoms with Gasteiger partial charge in [0, 0.05) is 13.1 Å². The van der Waals surface area contributed by atoms with Crippen molar-refractivity contribution in [1.82, 2.24) is 15.1 Å². The average Bonchev–Trinajstić information content (AvgIpc) is 3.02. The van der Waals surface area contributed by atoms with Crippen LogP contribution in [0.25, 0.3) is 10.8 Å². The fourth-order valence-corrected chi connectivity index (χ4v) is 4.56. The van der Waals surface area contributed by atoms with Crippen LogP contribution in [0.3, 0.4) is 0 Å². The lowest BCUT2D eigenvalue weighted by atomic mass is 9.90. The molecular formula is C25H25N3O3. The summed E-state index contributed by atoms with van der Waals surface area (Å²) in [6, 6.07) is 19.6. The molecule has 1 N–H and O–H groups in total. The van der Waals surface area contributed by atoms with Crippen LogP contribution in [-0.4, -0.2) is 42.1 Å². The number of methoxy groups -OCH3 is 1. The third-order valence-corrected chi connectivity index (χ3v) is 6.45. The maximum absolute atomic E-state index is 13.4. The fourth-order valence-electron chi connectivity index (χ4n) is 4.56. The summed E-state index contributed by atoms with van der Waals surface area (Å²) >= 11 is 0. The highest BCUT2D eigenvalue weighted by Crippen LogP contribution is 2.32. The Labute approximate surface area is 181 Å². The molecule has 6 nitrogen and oxygen atoms in total. The predicted molar refractivity (Wildman–Crippen MR) is 119 cm³/mol. The Kier molecular flexibility index (Phi) is 4.67. The number of nitrogens with one attached hydrogen (secondary N) is 1. The van der Waals surface area contributed by atoms with Crippen molar-refractivity contribution >= 4 is 22.7 Å². The topological polar surface area (TPSA) is 61.9 Å². The molecule has 31 heavy (non-hydrogen) atoms. The lowest BCUT2D eigenvalue weighted by Gasteiger charge is -2.31. The number of fused-ring (bicyclic) bond motifs is 2. The number of ether oxygens (including phenoxy) is 1. The van der Waals surface area contributed by atoms with Gasteiger partial charge in [0.1, 0.15) is 11.3 Å². The SMILES string of the molecule is COc1ccc2cc([C@@]3(C)NC(=O)N(CN4CCc5ccccc5C4)C3=O)ccc2c1. The van der Waals surface area contributed by atoms with E-state index in [1.807, 2.05) is 42.5 Å². The smallest absolute Gasteiger partial charge is 0.326 e. The normalized spacial score (nSPS) is 21.3. The van der Waals surface area contributed by atoms with E-state index in [0.29, 0.717) is 6.67 Å². The summed E-state index contributed by atoms with van der Waals surface area (Å²) in [5, 5.41) is 4.94. The second kappa shape index (κ2) is 7.39. The van der Waals surface area contributed by atoms with Crippen LogP contribution in [0, 0.1) is 0 Å². The Balaban J connectivity index is 1.38. The fraction of sp³-hybridized carbons (Fsp3) is 0.280. The first kappa shape index (κ1) is 19.6. The molecule has 2 aliphatic heterocycles. The number of nitrogens with zero attached hydrogens (tertiary/aromatic N) is 2. The number of hydrogen-bond donors (Lipinski definition) is 1. The van der Waals surface area contributed by atoms with E-state index in [1.165, 1.54) is 16.0 Å². The van der Waals surface area contributed by atoms with Crippen molar-refractivity contribution in [3.05, 3.63) is 77.4 Å². The lowest BCUT2D eigenvalue weighted by Crippen LogP contribution is -2.45. The van der Waals surface area contributed by atoms with E-state index in [9.17, 15) is 9.59 Å². The first-order valence-electron chi connectivity index (χ1n) is 10.5. The molecule has 0 spiro atoms. The maximum Gasteiger partial charge on any atom is 0.326 e. The van der Waals surface area contributed by atoms with Crippen LogP contribution in [0.2, 0.25) is 0 Å². The van der Waals surface area contributed by atoms with Crippen molar-refractivity contribution in [2.45, 2.75) is 25.4 Å². The Bertz CT molecular complexity index is 1190. The van der Waals surface area contributed by atoms with Gasteiger partial charge in [-0.15, -0.1) is 0 Å². The molecule has 2 aliphatic rings. The third-order valence-electron chi connectivity index (χ3n) is 6.45. The largest absolute Gasteiger partial charge is 0.497 e. The monoisotopic (exact) mass is 415 g/mol. The second-order valence-corrected chi connectivity index (χ2v) is 8.43. The highest BCUT2D eigenvalue weighted by Gasteiger charge is 2.49. The van der Waals surface area contributed by atoms with Crippen LogP contribution < -0.4 is 10.1 Å². The van der Waals surface area contributed by atoms with Gasteiger partial charge in [0.25, 0.3) is 5.91 Å². The lowest BCUT2D eigenvalue weighted by molar-refractivity contribution is -0.132. The number of hydrogen-bond acceptors (Lipinski definition) is 4.